The molecular weight excluding hydrogens is 368 g/mol. The largest absolute Gasteiger partial charge is 0.491 e. The Morgan fingerprint density at radius 3 is 2.59 bits per heavy atom. The molecule has 0 radical (unpaired) electrons. The average Bonchev–Trinajstić information content (AvgIpc) is 3.68. The third-order valence-electron chi connectivity index (χ3n) is 5.52. The molecule has 2 aliphatic rings. The van der Waals surface area contributed by atoms with Crippen molar-refractivity contribution in [2.24, 2.45) is 0 Å². The Labute approximate surface area is 172 Å². The van der Waals surface area contributed by atoms with Crippen molar-refractivity contribution in [1.82, 2.24) is 9.97 Å². The van der Waals surface area contributed by atoms with Crippen LogP contribution >= 0.6 is 0 Å². The van der Waals surface area contributed by atoms with Crippen LogP contribution in [0.15, 0.2) is 30.5 Å². The van der Waals surface area contributed by atoms with Gasteiger partial charge in [0.25, 0.3) is 0 Å². The van der Waals surface area contributed by atoms with Gasteiger partial charge in [-0.05, 0) is 43.0 Å². The number of rotatable bonds is 11. The quantitative estimate of drug-likeness (QED) is 0.523. The topological polar surface area (TPSA) is 69.3 Å². The van der Waals surface area contributed by atoms with Crippen LogP contribution in [0.1, 0.15) is 51.5 Å². The smallest absolute Gasteiger partial charge is 0.220 e. The summed E-state index contributed by atoms with van der Waals surface area (Å²) >= 11 is 0. The maximum atomic E-state index is 5.96. The fraction of sp³-hybridized carbons (Fsp3) is 0.565. The van der Waals surface area contributed by atoms with Crippen molar-refractivity contribution in [1.29, 1.82) is 0 Å². The van der Waals surface area contributed by atoms with Crippen LogP contribution in [0, 0.1) is 0 Å². The molecule has 0 N–H and O–H groups in total. The predicted octanol–water partition coefficient (Wildman–Crippen LogP) is 4.38. The number of aromatic nitrogens is 2. The average molecular weight is 399 g/mol. The van der Waals surface area contributed by atoms with E-state index in [4.69, 9.17) is 23.9 Å². The molecule has 0 saturated carbocycles. The molecule has 1 aromatic heterocycles. The number of hydrogen-bond acceptors (Lipinski definition) is 6. The minimum Gasteiger partial charge on any atom is -0.491 e. The molecule has 0 amide bonds. The van der Waals surface area contributed by atoms with Crippen molar-refractivity contribution in [2.75, 3.05) is 19.8 Å². The van der Waals surface area contributed by atoms with E-state index in [1.807, 2.05) is 30.5 Å². The van der Waals surface area contributed by atoms with Gasteiger partial charge in [-0.25, -0.2) is 4.98 Å². The number of ether oxygens (including phenoxy) is 4. The van der Waals surface area contributed by atoms with Gasteiger partial charge in [-0.2, -0.15) is 4.98 Å². The second kappa shape index (κ2) is 9.09. The first-order valence-electron chi connectivity index (χ1n) is 10.7. The van der Waals surface area contributed by atoms with Crippen LogP contribution in [0.5, 0.6) is 11.6 Å². The lowest BCUT2D eigenvalue weighted by Crippen LogP contribution is -2.10. The van der Waals surface area contributed by atoms with E-state index in [9.17, 15) is 0 Å². The summed E-state index contributed by atoms with van der Waals surface area (Å²) in [5.74, 6) is 2.49. The van der Waals surface area contributed by atoms with Gasteiger partial charge in [-0.1, -0.05) is 27.2 Å². The molecule has 6 nitrogen and oxygen atoms in total. The normalized spacial score (nSPS) is 23.5. The summed E-state index contributed by atoms with van der Waals surface area (Å²) in [6.45, 7) is 8.40. The lowest BCUT2D eigenvalue weighted by molar-refractivity contribution is 0.252. The van der Waals surface area contributed by atoms with Gasteiger partial charge >= 0.3 is 0 Å². The molecule has 2 aromatic rings. The fourth-order valence-electron chi connectivity index (χ4n) is 3.27. The molecule has 0 spiro atoms. The molecule has 6 heteroatoms. The molecule has 2 fully saturated rings. The van der Waals surface area contributed by atoms with Gasteiger partial charge in [-0.3, -0.25) is 0 Å². The number of nitrogens with zero attached hydrogens (tertiary/aromatic N) is 2. The summed E-state index contributed by atoms with van der Waals surface area (Å²) in [7, 11) is 0. The first-order chi connectivity index (χ1) is 14.2. The first kappa shape index (κ1) is 20.1. The summed E-state index contributed by atoms with van der Waals surface area (Å²) in [5.41, 5.74) is 1.98. The molecule has 156 valence electrons. The van der Waals surface area contributed by atoms with Gasteiger partial charge in [0.1, 0.15) is 31.2 Å². The molecule has 2 saturated heterocycles. The molecular formula is C23H30N2O4. The van der Waals surface area contributed by atoms with E-state index in [0.29, 0.717) is 36.9 Å². The van der Waals surface area contributed by atoms with Crippen LogP contribution in [-0.2, 0) is 9.47 Å². The van der Waals surface area contributed by atoms with E-state index in [2.05, 4.69) is 25.8 Å². The van der Waals surface area contributed by atoms with E-state index in [1.54, 1.807) is 0 Å². The maximum Gasteiger partial charge on any atom is 0.220 e. The predicted molar refractivity (Wildman–Crippen MR) is 110 cm³/mol. The van der Waals surface area contributed by atoms with Crippen LogP contribution in [0.3, 0.4) is 0 Å². The van der Waals surface area contributed by atoms with E-state index < -0.39 is 0 Å². The van der Waals surface area contributed by atoms with Crippen molar-refractivity contribution in [3.63, 3.8) is 0 Å². The minimum atomic E-state index is 0.196. The summed E-state index contributed by atoms with van der Waals surface area (Å²) < 4.78 is 22.7. The second-order valence-electron chi connectivity index (χ2n) is 7.87. The third-order valence-corrected chi connectivity index (χ3v) is 5.52. The van der Waals surface area contributed by atoms with E-state index in [1.165, 1.54) is 0 Å². The monoisotopic (exact) mass is 398 g/mol. The molecule has 0 bridgehead atoms. The Kier molecular flexibility index (Phi) is 6.31. The first-order valence-corrected chi connectivity index (χ1v) is 10.7. The zero-order valence-electron chi connectivity index (χ0n) is 17.5. The minimum absolute atomic E-state index is 0.196. The zero-order chi connectivity index (χ0) is 20.2. The summed E-state index contributed by atoms with van der Waals surface area (Å²) in [6.07, 6.45) is 5.95. The molecule has 0 unspecified atom stereocenters. The highest BCUT2D eigenvalue weighted by atomic mass is 16.6. The van der Waals surface area contributed by atoms with Crippen LogP contribution in [-0.4, -0.2) is 48.1 Å². The molecule has 4 rings (SSSR count). The summed E-state index contributed by atoms with van der Waals surface area (Å²) in [5, 5.41) is 0. The van der Waals surface area contributed by atoms with Crippen molar-refractivity contribution in [2.45, 2.75) is 64.3 Å². The highest BCUT2D eigenvalue weighted by Crippen LogP contribution is 2.31. The van der Waals surface area contributed by atoms with Crippen molar-refractivity contribution < 1.29 is 18.9 Å². The van der Waals surface area contributed by atoms with Gasteiger partial charge in [-0.15, -0.1) is 0 Å². The number of epoxide rings is 2. The Balaban J connectivity index is 1.42. The Morgan fingerprint density at radius 1 is 1.10 bits per heavy atom. The van der Waals surface area contributed by atoms with Crippen molar-refractivity contribution in [3.05, 3.63) is 36.0 Å². The SMILES string of the molecule is CCC[C@@H]1O[C@H]1COc1ccc(-c2ncc([C@@H](C)CC)c(OC[C@@H]3CO3)n2)cc1. The standard InChI is InChI=1S/C23H30N2O4/c1-4-6-20-21(29-20)14-27-17-9-7-16(8-10-17)22-24-11-19(15(3)5-2)23(25-22)28-13-18-12-26-18/h7-11,15,18,20-21H,4-6,12-14H2,1-3H3/t15-,18-,20-,21-/m0/s1. The Morgan fingerprint density at radius 2 is 1.90 bits per heavy atom. The van der Waals surface area contributed by atoms with Gasteiger partial charge in [0.05, 0.1) is 12.7 Å². The van der Waals surface area contributed by atoms with Gasteiger partial charge in [0.2, 0.25) is 5.88 Å². The molecule has 3 heterocycles. The molecule has 1 aromatic carbocycles. The fourth-order valence-corrected chi connectivity index (χ4v) is 3.27. The highest BCUT2D eigenvalue weighted by molar-refractivity contribution is 5.57. The summed E-state index contributed by atoms with van der Waals surface area (Å²) in [4.78, 5) is 9.29. The van der Waals surface area contributed by atoms with E-state index in [-0.39, 0.29) is 12.2 Å². The van der Waals surface area contributed by atoms with Crippen LogP contribution in [0.2, 0.25) is 0 Å². The molecule has 2 aliphatic heterocycles. The number of hydrogen-bond donors (Lipinski definition) is 0. The molecule has 29 heavy (non-hydrogen) atoms. The van der Waals surface area contributed by atoms with Crippen LogP contribution in [0.4, 0.5) is 0 Å². The maximum absolute atomic E-state index is 5.96. The van der Waals surface area contributed by atoms with E-state index >= 15 is 0 Å². The Hall–Kier alpha value is -2.18. The highest BCUT2D eigenvalue weighted by Gasteiger charge is 2.38. The van der Waals surface area contributed by atoms with Crippen LogP contribution in [0.25, 0.3) is 11.4 Å². The van der Waals surface area contributed by atoms with Crippen molar-refractivity contribution >= 4 is 0 Å². The lowest BCUT2D eigenvalue weighted by Gasteiger charge is -2.15. The molecule has 0 aliphatic carbocycles. The van der Waals surface area contributed by atoms with Gasteiger partial charge < -0.3 is 18.9 Å². The number of benzene rings is 1. The Bertz CT molecular complexity index is 807. The van der Waals surface area contributed by atoms with Gasteiger partial charge in [0, 0.05) is 17.3 Å². The van der Waals surface area contributed by atoms with Crippen LogP contribution < -0.4 is 9.47 Å². The van der Waals surface area contributed by atoms with Crippen molar-refractivity contribution in [3.8, 4) is 23.0 Å². The lowest BCUT2D eigenvalue weighted by atomic mass is 10.0. The van der Waals surface area contributed by atoms with Gasteiger partial charge in [0.15, 0.2) is 5.82 Å². The zero-order valence-corrected chi connectivity index (χ0v) is 17.5. The third kappa shape index (κ3) is 5.25. The van der Waals surface area contributed by atoms with E-state index in [0.717, 1.165) is 42.7 Å². The second-order valence-corrected chi connectivity index (χ2v) is 7.87. The molecule has 4 atom stereocenters. The summed E-state index contributed by atoms with van der Waals surface area (Å²) in [6, 6.07) is 7.88.